The summed E-state index contributed by atoms with van der Waals surface area (Å²) < 4.78 is 5.82. The number of carbonyl (C=O) groups excluding carboxylic acids is 2. The van der Waals surface area contributed by atoms with Crippen LogP contribution in [0.25, 0.3) is 10.8 Å². The molecule has 0 saturated heterocycles. The number of fused-ring (bicyclic) bond motifs is 2. The minimum atomic E-state index is -0.563. The average Bonchev–Trinajstić information content (AvgIpc) is 2.92. The lowest BCUT2D eigenvalue weighted by Crippen LogP contribution is -2.31. The molecule has 1 aliphatic rings. The van der Waals surface area contributed by atoms with Crippen LogP contribution < -0.4 is 9.64 Å². The van der Waals surface area contributed by atoms with Crippen LogP contribution in [0.1, 0.15) is 23.2 Å². The molecule has 1 heterocycles. The van der Waals surface area contributed by atoms with Crippen LogP contribution in [0.2, 0.25) is 10.0 Å². The maximum absolute atomic E-state index is 12.3. The molecule has 0 unspecified atom stereocenters. The third-order valence-corrected chi connectivity index (χ3v) is 5.25. The van der Waals surface area contributed by atoms with Crippen LogP contribution in [-0.2, 0) is 4.79 Å². The quantitative estimate of drug-likeness (QED) is 0.393. The van der Waals surface area contributed by atoms with E-state index in [4.69, 9.17) is 27.9 Å². The molecule has 0 saturated carbocycles. The zero-order valence-electron chi connectivity index (χ0n) is 15.0. The lowest BCUT2D eigenvalue weighted by molar-refractivity contribution is -0.114. The number of rotatable bonds is 6. The number of carbonyl (C=O) groups is 2. The first kappa shape index (κ1) is 18.8. The molecular formula is C22H17Cl2NO3. The van der Waals surface area contributed by atoms with Gasteiger partial charge < -0.3 is 9.64 Å². The van der Waals surface area contributed by atoms with Gasteiger partial charge in [0.15, 0.2) is 0 Å². The van der Waals surface area contributed by atoms with Gasteiger partial charge in [-0.3, -0.25) is 9.59 Å². The Morgan fingerprint density at radius 1 is 0.893 bits per heavy atom. The molecule has 0 N–H and O–H groups in total. The number of unbranched alkanes of at least 4 members (excludes halogenated alkanes) is 1. The van der Waals surface area contributed by atoms with E-state index in [1.807, 2.05) is 36.4 Å². The average molecular weight is 414 g/mol. The standard InChI is InChI=1S/C22H17Cl2NO3/c23-16-12-18-20(19(24)13-16)25(22(27)21(18)26)9-3-4-10-28-17-8-7-14-5-1-2-6-15(14)11-17/h1-2,5-8,11-13H,3-4,9-10H2. The van der Waals surface area contributed by atoms with Crippen molar-refractivity contribution in [2.45, 2.75) is 12.8 Å². The van der Waals surface area contributed by atoms with E-state index < -0.39 is 11.7 Å². The van der Waals surface area contributed by atoms with Crippen molar-refractivity contribution in [3.05, 3.63) is 70.2 Å². The van der Waals surface area contributed by atoms with Gasteiger partial charge in [-0.15, -0.1) is 0 Å². The molecular weight excluding hydrogens is 397 g/mol. The summed E-state index contributed by atoms with van der Waals surface area (Å²) in [5, 5.41) is 2.96. The van der Waals surface area contributed by atoms with E-state index in [2.05, 4.69) is 6.07 Å². The molecule has 142 valence electrons. The maximum Gasteiger partial charge on any atom is 0.299 e. The molecule has 0 fully saturated rings. The zero-order valence-corrected chi connectivity index (χ0v) is 16.5. The number of ether oxygens (including phenoxy) is 1. The third kappa shape index (κ3) is 3.58. The van der Waals surface area contributed by atoms with Crippen molar-refractivity contribution in [2.75, 3.05) is 18.1 Å². The molecule has 3 aromatic carbocycles. The molecule has 4 nitrogen and oxygen atoms in total. The van der Waals surface area contributed by atoms with E-state index >= 15 is 0 Å². The van der Waals surface area contributed by atoms with Crippen molar-refractivity contribution in [1.29, 1.82) is 0 Å². The highest BCUT2D eigenvalue weighted by atomic mass is 35.5. The van der Waals surface area contributed by atoms with Crippen LogP contribution in [-0.4, -0.2) is 24.8 Å². The molecule has 1 aliphatic heterocycles. The normalized spacial score (nSPS) is 13.3. The molecule has 3 aromatic rings. The first-order valence-corrected chi connectivity index (χ1v) is 9.77. The Kier molecular flexibility index (Phi) is 5.25. The molecule has 0 aromatic heterocycles. The van der Waals surface area contributed by atoms with Crippen LogP contribution >= 0.6 is 23.2 Å². The fraction of sp³-hybridized carbons (Fsp3) is 0.182. The van der Waals surface area contributed by atoms with Gasteiger partial charge in [-0.2, -0.15) is 0 Å². The molecule has 0 radical (unpaired) electrons. The number of anilines is 1. The van der Waals surface area contributed by atoms with Gasteiger partial charge in [0.25, 0.3) is 11.7 Å². The fourth-order valence-electron chi connectivity index (χ4n) is 3.39. The van der Waals surface area contributed by atoms with E-state index in [0.717, 1.165) is 17.6 Å². The second-order valence-electron chi connectivity index (χ2n) is 6.63. The smallest absolute Gasteiger partial charge is 0.299 e. The molecule has 0 aliphatic carbocycles. The van der Waals surface area contributed by atoms with E-state index in [0.29, 0.717) is 35.3 Å². The summed E-state index contributed by atoms with van der Waals surface area (Å²) in [5.74, 6) is -0.310. The van der Waals surface area contributed by atoms with Gasteiger partial charge in [-0.05, 0) is 47.9 Å². The lowest BCUT2D eigenvalue weighted by Gasteiger charge is -2.17. The molecule has 1 amide bonds. The Hall–Kier alpha value is -2.56. The predicted molar refractivity (Wildman–Crippen MR) is 112 cm³/mol. The molecule has 4 rings (SSSR count). The highest BCUT2D eigenvalue weighted by Crippen LogP contribution is 2.38. The monoisotopic (exact) mass is 413 g/mol. The van der Waals surface area contributed by atoms with Crippen molar-refractivity contribution in [3.8, 4) is 5.75 Å². The summed E-state index contributed by atoms with van der Waals surface area (Å²) in [7, 11) is 0. The van der Waals surface area contributed by atoms with E-state index in [9.17, 15) is 9.59 Å². The maximum atomic E-state index is 12.3. The summed E-state index contributed by atoms with van der Waals surface area (Å²) in [4.78, 5) is 25.9. The fourth-order valence-corrected chi connectivity index (χ4v) is 3.98. The van der Waals surface area contributed by atoms with Gasteiger partial charge in [0.2, 0.25) is 0 Å². The van der Waals surface area contributed by atoms with E-state index in [1.54, 1.807) is 6.07 Å². The number of benzene rings is 3. The Labute approximate surface area is 172 Å². The number of halogens is 2. The predicted octanol–water partition coefficient (Wildman–Crippen LogP) is 5.54. The topological polar surface area (TPSA) is 46.6 Å². The highest BCUT2D eigenvalue weighted by molar-refractivity contribution is 6.54. The Morgan fingerprint density at radius 3 is 2.50 bits per heavy atom. The number of hydrogen-bond acceptors (Lipinski definition) is 3. The Balaban J connectivity index is 1.34. The van der Waals surface area contributed by atoms with Crippen LogP contribution in [0.15, 0.2) is 54.6 Å². The molecule has 28 heavy (non-hydrogen) atoms. The molecule has 0 atom stereocenters. The first-order valence-electron chi connectivity index (χ1n) is 9.01. The van der Waals surface area contributed by atoms with Gasteiger partial charge in [0.05, 0.1) is 22.9 Å². The molecule has 0 bridgehead atoms. The van der Waals surface area contributed by atoms with Crippen molar-refractivity contribution >= 4 is 51.4 Å². The number of amides is 1. The van der Waals surface area contributed by atoms with E-state index in [1.165, 1.54) is 16.4 Å². The largest absolute Gasteiger partial charge is 0.494 e. The summed E-state index contributed by atoms with van der Waals surface area (Å²) >= 11 is 12.2. The van der Waals surface area contributed by atoms with Crippen molar-refractivity contribution in [3.63, 3.8) is 0 Å². The number of Topliss-reactive ketones (excluding diaryl/α,β-unsaturated/α-hetero) is 1. The molecule has 0 spiro atoms. The molecule has 6 heteroatoms. The zero-order chi connectivity index (χ0) is 19.7. The van der Waals surface area contributed by atoms with Gasteiger partial charge in [0.1, 0.15) is 5.75 Å². The second-order valence-corrected chi connectivity index (χ2v) is 7.48. The summed E-state index contributed by atoms with van der Waals surface area (Å²) in [6.45, 7) is 0.926. The minimum absolute atomic E-state index is 0.273. The lowest BCUT2D eigenvalue weighted by atomic mass is 10.1. The summed E-state index contributed by atoms with van der Waals surface area (Å²) in [6, 6.07) is 17.1. The minimum Gasteiger partial charge on any atom is -0.494 e. The van der Waals surface area contributed by atoms with Crippen LogP contribution in [0.3, 0.4) is 0 Å². The van der Waals surface area contributed by atoms with Crippen LogP contribution in [0.4, 0.5) is 5.69 Å². The third-order valence-electron chi connectivity index (χ3n) is 4.75. The summed E-state index contributed by atoms with van der Waals surface area (Å²) in [5.41, 5.74) is 0.728. The van der Waals surface area contributed by atoms with Crippen LogP contribution in [0, 0.1) is 0 Å². The number of nitrogens with zero attached hydrogens (tertiary/aromatic N) is 1. The van der Waals surface area contributed by atoms with Crippen molar-refractivity contribution in [1.82, 2.24) is 0 Å². The van der Waals surface area contributed by atoms with Crippen molar-refractivity contribution < 1.29 is 14.3 Å². The Morgan fingerprint density at radius 2 is 1.68 bits per heavy atom. The van der Waals surface area contributed by atoms with E-state index in [-0.39, 0.29) is 5.56 Å². The van der Waals surface area contributed by atoms with Gasteiger partial charge in [0, 0.05) is 11.6 Å². The number of hydrogen-bond donors (Lipinski definition) is 0. The van der Waals surface area contributed by atoms with Crippen LogP contribution in [0.5, 0.6) is 5.75 Å². The van der Waals surface area contributed by atoms with Gasteiger partial charge in [-0.1, -0.05) is 53.5 Å². The Bertz CT molecular complexity index is 1080. The first-order chi connectivity index (χ1) is 13.5. The SMILES string of the molecule is O=C1C(=O)N(CCCCOc2ccc3ccccc3c2)c2c(Cl)cc(Cl)cc21. The number of ketones is 1. The highest BCUT2D eigenvalue weighted by Gasteiger charge is 2.37. The van der Waals surface area contributed by atoms with Gasteiger partial charge in [-0.25, -0.2) is 0 Å². The second kappa shape index (κ2) is 7.82. The van der Waals surface area contributed by atoms with Gasteiger partial charge >= 0.3 is 0 Å². The van der Waals surface area contributed by atoms with Crippen molar-refractivity contribution in [2.24, 2.45) is 0 Å². The summed E-state index contributed by atoms with van der Waals surface area (Å²) in [6.07, 6.45) is 1.43.